The lowest BCUT2D eigenvalue weighted by Gasteiger charge is -2.09. The number of nitrogens with zero attached hydrogens (tertiary/aromatic N) is 2. The average Bonchev–Trinajstić information content (AvgIpc) is 2.82. The third kappa shape index (κ3) is 3.50. The third-order valence-corrected chi connectivity index (χ3v) is 3.34. The zero-order valence-electron chi connectivity index (χ0n) is 11.4. The number of nitrogens with one attached hydrogen (secondary N) is 1. The van der Waals surface area contributed by atoms with Gasteiger partial charge in [-0.25, -0.2) is 4.39 Å². The predicted octanol–water partition coefficient (Wildman–Crippen LogP) is 3.92. The number of aromatic nitrogens is 1. The van der Waals surface area contributed by atoms with Crippen molar-refractivity contribution in [1.29, 1.82) is 5.26 Å². The molecule has 1 N–H and O–H groups in total. The number of carbonyl (C=O) groups excluding carboxylic acids is 1. The number of nitriles is 1. The van der Waals surface area contributed by atoms with E-state index in [9.17, 15) is 9.18 Å². The Morgan fingerprint density at radius 1 is 1.48 bits per heavy atom. The average molecular weight is 350 g/mol. The molecule has 2 aromatic rings. The lowest BCUT2D eigenvalue weighted by Crippen LogP contribution is -2.16. The predicted molar refractivity (Wildman–Crippen MR) is 81.5 cm³/mol. The van der Waals surface area contributed by atoms with Crippen molar-refractivity contribution in [2.75, 3.05) is 5.32 Å². The molecule has 0 fully saturated rings. The van der Waals surface area contributed by atoms with Gasteiger partial charge in [0.2, 0.25) is 0 Å². The number of rotatable bonds is 4. The van der Waals surface area contributed by atoms with Gasteiger partial charge >= 0.3 is 0 Å². The van der Waals surface area contributed by atoms with Crippen LogP contribution >= 0.6 is 15.9 Å². The van der Waals surface area contributed by atoms with E-state index < -0.39 is 5.82 Å². The van der Waals surface area contributed by atoms with Crippen molar-refractivity contribution in [3.63, 3.8) is 0 Å². The van der Waals surface area contributed by atoms with Crippen LogP contribution in [0.25, 0.3) is 0 Å². The highest BCUT2D eigenvalue weighted by molar-refractivity contribution is 9.10. The quantitative estimate of drug-likeness (QED) is 0.909. The summed E-state index contributed by atoms with van der Waals surface area (Å²) in [7, 11) is 0. The maximum absolute atomic E-state index is 13.3. The second-order valence-corrected chi connectivity index (χ2v) is 5.41. The Balaban J connectivity index is 2.24. The molecule has 1 amide bonds. The summed E-state index contributed by atoms with van der Waals surface area (Å²) >= 11 is 3.35. The summed E-state index contributed by atoms with van der Waals surface area (Å²) in [6.45, 7) is 2.75. The number of amides is 1. The normalized spacial score (nSPS) is 10.2. The second kappa shape index (κ2) is 6.55. The largest absolute Gasteiger partial charge is 0.342 e. The van der Waals surface area contributed by atoms with Crippen LogP contribution in [0.1, 0.15) is 29.4 Å². The molecule has 0 aliphatic heterocycles. The SMILES string of the molecule is CCCn1cc(Br)cc1C(=O)Nc1ccc(F)c(C#N)c1. The standard InChI is InChI=1S/C15H13BrFN3O/c1-2-5-20-9-11(16)7-14(20)15(21)19-12-3-4-13(17)10(6-12)8-18/h3-4,6-7,9H,2,5H2,1H3,(H,19,21). The first-order chi connectivity index (χ1) is 10.0. The summed E-state index contributed by atoms with van der Waals surface area (Å²) in [5.41, 5.74) is 0.794. The topological polar surface area (TPSA) is 57.8 Å². The van der Waals surface area contributed by atoms with Gasteiger partial charge in [0.05, 0.1) is 5.56 Å². The van der Waals surface area contributed by atoms with E-state index in [-0.39, 0.29) is 11.5 Å². The van der Waals surface area contributed by atoms with Crippen LogP contribution in [0.4, 0.5) is 10.1 Å². The fourth-order valence-electron chi connectivity index (χ4n) is 1.97. The van der Waals surface area contributed by atoms with Gasteiger partial charge in [-0.3, -0.25) is 4.79 Å². The zero-order chi connectivity index (χ0) is 15.4. The van der Waals surface area contributed by atoms with E-state index in [1.54, 1.807) is 12.1 Å². The van der Waals surface area contributed by atoms with E-state index in [0.29, 0.717) is 11.4 Å². The summed E-state index contributed by atoms with van der Waals surface area (Å²) in [5, 5.41) is 11.5. The highest BCUT2D eigenvalue weighted by Crippen LogP contribution is 2.19. The Hall–Kier alpha value is -2.13. The van der Waals surface area contributed by atoms with Crippen molar-refractivity contribution in [1.82, 2.24) is 4.57 Å². The fraction of sp³-hybridized carbons (Fsp3) is 0.200. The Morgan fingerprint density at radius 3 is 2.90 bits per heavy atom. The van der Waals surface area contributed by atoms with Gasteiger partial charge in [-0.2, -0.15) is 5.26 Å². The van der Waals surface area contributed by atoms with E-state index in [1.807, 2.05) is 17.7 Å². The van der Waals surface area contributed by atoms with Gasteiger partial charge in [0, 0.05) is 22.9 Å². The van der Waals surface area contributed by atoms with Crippen LogP contribution in [0.15, 0.2) is 34.9 Å². The minimum absolute atomic E-state index is 0.0991. The molecule has 4 nitrogen and oxygen atoms in total. The minimum Gasteiger partial charge on any atom is -0.342 e. The molecule has 0 atom stereocenters. The van der Waals surface area contributed by atoms with Crippen LogP contribution < -0.4 is 5.32 Å². The molecule has 0 unspecified atom stereocenters. The van der Waals surface area contributed by atoms with Crippen molar-refractivity contribution in [2.45, 2.75) is 19.9 Å². The third-order valence-electron chi connectivity index (χ3n) is 2.91. The van der Waals surface area contributed by atoms with Crippen molar-refractivity contribution < 1.29 is 9.18 Å². The van der Waals surface area contributed by atoms with Crippen LogP contribution in [-0.2, 0) is 6.54 Å². The van der Waals surface area contributed by atoms with Crippen LogP contribution in [0.5, 0.6) is 0 Å². The smallest absolute Gasteiger partial charge is 0.272 e. The van der Waals surface area contributed by atoms with Gasteiger partial charge < -0.3 is 9.88 Å². The number of benzene rings is 1. The van der Waals surface area contributed by atoms with Gasteiger partial charge in [0.15, 0.2) is 0 Å². The lowest BCUT2D eigenvalue weighted by atomic mass is 10.2. The highest BCUT2D eigenvalue weighted by Gasteiger charge is 2.13. The Morgan fingerprint density at radius 2 is 2.24 bits per heavy atom. The van der Waals surface area contributed by atoms with Crippen molar-refractivity contribution in [2.24, 2.45) is 0 Å². The maximum atomic E-state index is 13.3. The van der Waals surface area contributed by atoms with Crippen LogP contribution in [0.2, 0.25) is 0 Å². The Bertz CT molecular complexity index is 718. The number of halogens is 2. The molecule has 1 heterocycles. The van der Waals surface area contributed by atoms with E-state index in [1.165, 1.54) is 12.1 Å². The summed E-state index contributed by atoms with van der Waals surface area (Å²) in [6, 6.07) is 7.37. The van der Waals surface area contributed by atoms with Gasteiger partial charge in [-0.15, -0.1) is 0 Å². The first kappa shape index (κ1) is 15.3. The van der Waals surface area contributed by atoms with E-state index in [4.69, 9.17) is 5.26 Å². The van der Waals surface area contributed by atoms with Crippen LogP contribution in [0, 0.1) is 17.1 Å². The number of anilines is 1. The number of carbonyl (C=O) groups is 1. The molecule has 0 spiro atoms. The Kier molecular flexibility index (Phi) is 4.76. The molecule has 0 aliphatic carbocycles. The molecule has 108 valence electrons. The second-order valence-electron chi connectivity index (χ2n) is 4.50. The summed E-state index contributed by atoms with van der Waals surface area (Å²) < 4.78 is 15.9. The molecular formula is C15H13BrFN3O. The number of hydrogen-bond donors (Lipinski definition) is 1. The molecule has 2 rings (SSSR count). The van der Waals surface area contributed by atoms with Gasteiger partial charge in [-0.1, -0.05) is 6.92 Å². The first-order valence-electron chi connectivity index (χ1n) is 6.41. The molecule has 6 heteroatoms. The van der Waals surface area contributed by atoms with E-state index in [2.05, 4.69) is 21.2 Å². The highest BCUT2D eigenvalue weighted by atomic mass is 79.9. The molecule has 0 saturated heterocycles. The van der Waals surface area contributed by atoms with Crippen molar-refractivity contribution in [3.05, 3.63) is 52.0 Å². The molecule has 0 bridgehead atoms. The first-order valence-corrected chi connectivity index (χ1v) is 7.21. The van der Waals surface area contributed by atoms with Crippen molar-refractivity contribution >= 4 is 27.5 Å². The fourth-order valence-corrected chi connectivity index (χ4v) is 2.44. The Labute approximate surface area is 130 Å². The van der Waals surface area contributed by atoms with Crippen LogP contribution in [0.3, 0.4) is 0 Å². The maximum Gasteiger partial charge on any atom is 0.272 e. The summed E-state index contributed by atoms with van der Waals surface area (Å²) in [6.07, 6.45) is 2.74. The molecule has 21 heavy (non-hydrogen) atoms. The van der Waals surface area contributed by atoms with Gasteiger partial charge in [-0.05, 0) is 46.6 Å². The van der Waals surface area contributed by atoms with Gasteiger partial charge in [0.1, 0.15) is 17.6 Å². The monoisotopic (exact) mass is 349 g/mol. The van der Waals surface area contributed by atoms with Crippen molar-refractivity contribution in [3.8, 4) is 6.07 Å². The molecule has 0 aliphatic rings. The minimum atomic E-state index is -0.604. The van der Waals surface area contributed by atoms with E-state index >= 15 is 0 Å². The number of aryl methyl sites for hydroxylation is 1. The van der Waals surface area contributed by atoms with E-state index in [0.717, 1.165) is 23.5 Å². The van der Waals surface area contributed by atoms with Crippen LogP contribution in [-0.4, -0.2) is 10.5 Å². The molecule has 0 saturated carbocycles. The molecule has 1 aromatic carbocycles. The summed E-state index contributed by atoms with van der Waals surface area (Å²) in [4.78, 5) is 12.3. The lowest BCUT2D eigenvalue weighted by molar-refractivity contribution is 0.101. The summed E-state index contributed by atoms with van der Waals surface area (Å²) in [5.74, 6) is -0.905. The van der Waals surface area contributed by atoms with Gasteiger partial charge in [0.25, 0.3) is 5.91 Å². The molecular weight excluding hydrogens is 337 g/mol. The number of hydrogen-bond acceptors (Lipinski definition) is 2. The molecule has 1 aromatic heterocycles. The zero-order valence-corrected chi connectivity index (χ0v) is 12.9. The molecule has 0 radical (unpaired) electrons.